The number of amides is 2. The van der Waals surface area contributed by atoms with E-state index in [1.165, 1.54) is 4.90 Å². The number of hydrogen-bond acceptors (Lipinski definition) is 7. The van der Waals surface area contributed by atoms with Crippen LogP contribution in [0.3, 0.4) is 0 Å². The molecule has 2 aliphatic heterocycles. The average Bonchev–Trinajstić information content (AvgIpc) is 2.78. The number of rotatable bonds is 5. The second-order valence-corrected chi connectivity index (χ2v) is 9.96. The second-order valence-electron chi connectivity index (χ2n) is 7.08. The molecule has 2 bridgehead atoms. The van der Waals surface area contributed by atoms with Crippen LogP contribution in [0.25, 0.3) is 0 Å². The van der Waals surface area contributed by atoms with Crippen LogP contribution in [0.4, 0.5) is 4.79 Å². The van der Waals surface area contributed by atoms with Crippen LogP contribution < -0.4 is 11.5 Å². The monoisotopic (exact) mass is 425 g/mol. The average molecular weight is 425 g/mol. The van der Waals surface area contributed by atoms with Gasteiger partial charge < -0.3 is 16.4 Å². The topological polar surface area (TPSA) is 186 Å². The summed E-state index contributed by atoms with van der Waals surface area (Å²) in [7, 11) is -8.70. The van der Waals surface area contributed by atoms with E-state index >= 15 is 0 Å². The van der Waals surface area contributed by atoms with E-state index in [1.54, 1.807) is 0 Å². The van der Waals surface area contributed by atoms with Crippen molar-refractivity contribution in [1.29, 1.82) is 0 Å². The number of sulfonamides is 1. The highest BCUT2D eigenvalue weighted by atomic mass is 32.3. The van der Waals surface area contributed by atoms with Gasteiger partial charge in [-0.2, -0.15) is 13.5 Å². The minimum Gasteiger partial charge on any atom is -0.385 e. The van der Waals surface area contributed by atoms with Crippen LogP contribution >= 0.6 is 0 Å². The Morgan fingerprint density at radius 1 is 1.11 bits per heavy atom. The molecule has 27 heavy (non-hydrogen) atoms. The normalized spacial score (nSPS) is 32.8. The zero-order valence-electron chi connectivity index (χ0n) is 14.5. The number of urea groups is 1. The molecule has 1 aliphatic carbocycles. The number of hydrogen-bond donors (Lipinski definition) is 3. The van der Waals surface area contributed by atoms with Crippen LogP contribution in [0.15, 0.2) is 4.40 Å². The molecule has 3 rings (SSSR count). The quantitative estimate of drug-likeness (QED) is 0.280. The molecule has 0 aromatic carbocycles. The van der Waals surface area contributed by atoms with E-state index in [0.717, 1.165) is 0 Å². The zero-order valence-corrected chi connectivity index (χ0v) is 16.1. The molecule has 2 amide bonds. The van der Waals surface area contributed by atoms with Crippen molar-refractivity contribution < 1.29 is 30.5 Å². The van der Waals surface area contributed by atoms with Crippen LogP contribution in [-0.4, -0.2) is 73.1 Å². The van der Waals surface area contributed by atoms with E-state index in [0.29, 0.717) is 43.6 Å². The summed E-state index contributed by atoms with van der Waals surface area (Å²) in [6, 6.07) is -2.20. The Hall–Kier alpha value is -1.48. The largest absolute Gasteiger partial charge is 0.418 e. The Morgan fingerprint density at radius 2 is 1.74 bits per heavy atom. The first kappa shape index (κ1) is 20.3. The summed E-state index contributed by atoms with van der Waals surface area (Å²) < 4.78 is 63.7. The van der Waals surface area contributed by atoms with E-state index in [1.807, 2.05) is 0 Å². The summed E-state index contributed by atoms with van der Waals surface area (Å²) in [5.74, 6) is -0.217. The third-order valence-corrected chi connectivity index (χ3v) is 7.34. The fourth-order valence-corrected chi connectivity index (χ4v) is 5.63. The predicted molar refractivity (Wildman–Crippen MR) is 94.2 cm³/mol. The van der Waals surface area contributed by atoms with Gasteiger partial charge in [0.2, 0.25) is 0 Å². The molecular weight excluding hydrogens is 402 g/mol. The second kappa shape index (κ2) is 7.16. The van der Waals surface area contributed by atoms with Gasteiger partial charge in [-0.25, -0.2) is 13.2 Å². The highest BCUT2D eigenvalue weighted by Gasteiger charge is 2.48. The van der Waals surface area contributed by atoms with Crippen molar-refractivity contribution >= 4 is 32.3 Å². The minimum atomic E-state index is -4.85. The van der Waals surface area contributed by atoms with E-state index in [2.05, 4.69) is 8.68 Å². The molecule has 2 heterocycles. The van der Waals surface area contributed by atoms with Crippen molar-refractivity contribution in [2.24, 2.45) is 15.9 Å². The fraction of sp³-hybridized carbons (Fsp3) is 0.846. The van der Waals surface area contributed by atoms with Crippen LogP contribution in [0.1, 0.15) is 38.5 Å². The standard InChI is InChI=1S/C13H23N5O7S2/c14-8-1-4-10(5-2-8)26(20,21)16-12(15)11-6-3-9-7-17(11)13(19)18(9)25-27(22,23)24/h8-11H,1-7,14H2,(H2,15,16)(H,22,23,24)/t8?,9-,10?,11+/m1/s1. The lowest BCUT2D eigenvalue weighted by Crippen LogP contribution is -2.48. The lowest BCUT2D eigenvalue weighted by molar-refractivity contribution is -0.0316. The van der Waals surface area contributed by atoms with Crippen molar-refractivity contribution in [3.05, 3.63) is 0 Å². The van der Waals surface area contributed by atoms with Crippen LogP contribution in [0.2, 0.25) is 0 Å². The number of piperidine rings is 1. The predicted octanol–water partition coefficient (Wildman–Crippen LogP) is -1.05. The summed E-state index contributed by atoms with van der Waals surface area (Å²) in [5.41, 5.74) is 11.7. The van der Waals surface area contributed by atoms with E-state index in [4.69, 9.17) is 16.0 Å². The Kier molecular flexibility index (Phi) is 5.37. The first-order valence-electron chi connectivity index (χ1n) is 8.59. The number of nitrogens with two attached hydrogens (primary N) is 2. The first-order valence-corrected chi connectivity index (χ1v) is 11.5. The van der Waals surface area contributed by atoms with Gasteiger partial charge in [-0.1, -0.05) is 0 Å². The molecule has 154 valence electrons. The Morgan fingerprint density at radius 3 is 2.33 bits per heavy atom. The van der Waals surface area contributed by atoms with E-state index < -0.39 is 43.8 Å². The van der Waals surface area contributed by atoms with Gasteiger partial charge in [0.05, 0.1) is 17.3 Å². The maximum absolute atomic E-state index is 12.5. The molecule has 0 aromatic rings. The van der Waals surface area contributed by atoms with Gasteiger partial charge in [0, 0.05) is 12.6 Å². The van der Waals surface area contributed by atoms with Gasteiger partial charge in [0.25, 0.3) is 10.0 Å². The third kappa shape index (κ3) is 4.34. The molecule has 12 nitrogen and oxygen atoms in total. The number of hydroxylamine groups is 2. The SMILES string of the molecule is N/C(=N\S(=O)(=O)C1CCC(N)CC1)[C@@H]1CC[C@@H]2CN1C(=O)N2OS(=O)(=O)O. The van der Waals surface area contributed by atoms with Gasteiger partial charge in [-0.15, -0.1) is 8.68 Å². The maximum Gasteiger partial charge on any atom is 0.418 e. The third-order valence-electron chi connectivity index (χ3n) is 5.21. The van der Waals surface area contributed by atoms with Crippen molar-refractivity contribution in [1.82, 2.24) is 9.96 Å². The number of amidine groups is 1. The summed E-state index contributed by atoms with van der Waals surface area (Å²) in [6.45, 7) is 0.0908. The highest BCUT2D eigenvalue weighted by Crippen LogP contribution is 2.31. The molecule has 3 fully saturated rings. The number of carbonyl (C=O) groups excluding carboxylic acids is 1. The molecule has 14 heteroatoms. The molecule has 0 radical (unpaired) electrons. The van der Waals surface area contributed by atoms with Gasteiger partial charge >= 0.3 is 16.4 Å². The van der Waals surface area contributed by atoms with Crippen LogP contribution in [-0.2, 0) is 24.7 Å². The molecule has 0 spiro atoms. The molecule has 3 aliphatic rings. The van der Waals surface area contributed by atoms with Gasteiger partial charge in [-0.3, -0.25) is 4.55 Å². The summed E-state index contributed by atoms with van der Waals surface area (Å²) >= 11 is 0. The molecular formula is C13H23N5O7S2. The van der Waals surface area contributed by atoms with E-state index in [-0.39, 0.29) is 18.4 Å². The minimum absolute atomic E-state index is 0.0101. The highest BCUT2D eigenvalue weighted by molar-refractivity contribution is 7.90. The molecule has 2 saturated heterocycles. The number of fused-ring (bicyclic) bond motifs is 2. The first-order chi connectivity index (χ1) is 12.5. The summed E-state index contributed by atoms with van der Waals surface area (Å²) in [4.78, 5) is 13.6. The van der Waals surface area contributed by atoms with Gasteiger partial charge in [0.1, 0.15) is 5.84 Å². The van der Waals surface area contributed by atoms with Crippen LogP contribution in [0, 0.1) is 0 Å². The Labute approximate surface area is 157 Å². The Bertz CT molecular complexity index is 835. The molecule has 5 N–H and O–H groups in total. The fourth-order valence-electron chi connectivity index (χ4n) is 3.81. The molecule has 2 atom stereocenters. The van der Waals surface area contributed by atoms with Crippen molar-refractivity contribution in [2.75, 3.05) is 6.54 Å². The number of carbonyl (C=O) groups is 1. The Balaban J connectivity index is 1.75. The van der Waals surface area contributed by atoms with Crippen molar-refractivity contribution in [2.45, 2.75) is 61.9 Å². The van der Waals surface area contributed by atoms with Crippen molar-refractivity contribution in [3.63, 3.8) is 0 Å². The van der Waals surface area contributed by atoms with Gasteiger partial charge in [0.15, 0.2) is 0 Å². The smallest absolute Gasteiger partial charge is 0.385 e. The van der Waals surface area contributed by atoms with E-state index in [9.17, 15) is 21.6 Å². The summed E-state index contributed by atoms with van der Waals surface area (Å²) in [5, 5.41) is -0.0829. The van der Waals surface area contributed by atoms with Crippen LogP contribution in [0.5, 0.6) is 0 Å². The summed E-state index contributed by atoms with van der Waals surface area (Å²) in [6.07, 6.45) is 2.62. The molecule has 0 unspecified atom stereocenters. The van der Waals surface area contributed by atoms with Gasteiger partial charge in [-0.05, 0) is 38.5 Å². The lowest BCUT2D eigenvalue weighted by atomic mass is 9.96. The number of nitrogens with zero attached hydrogens (tertiary/aromatic N) is 3. The zero-order chi connectivity index (χ0) is 20.0. The van der Waals surface area contributed by atoms with Crippen molar-refractivity contribution in [3.8, 4) is 0 Å². The molecule has 0 aromatic heterocycles. The maximum atomic E-state index is 12.5. The lowest BCUT2D eigenvalue weighted by Gasteiger charge is -2.30. The molecule has 1 saturated carbocycles.